The minimum atomic E-state index is -0.946. The first kappa shape index (κ1) is 15.5. The summed E-state index contributed by atoms with van der Waals surface area (Å²) in [5.41, 5.74) is 0.988. The lowest BCUT2D eigenvalue weighted by Crippen LogP contribution is -2.21. The van der Waals surface area contributed by atoms with E-state index < -0.39 is 5.97 Å². The largest absolute Gasteiger partial charge is 0.478 e. The summed E-state index contributed by atoms with van der Waals surface area (Å²) in [6.45, 7) is 6.79. The predicted molar refractivity (Wildman–Crippen MR) is 81.8 cm³/mol. The van der Waals surface area contributed by atoms with Gasteiger partial charge < -0.3 is 9.84 Å². The molecule has 0 spiro atoms. The fourth-order valence-corrected chi connectivity index (χ4v) is 2.45. The number of ether oxygens (including phenoxy) is 1. The highest BCUT2D eigenvalue weighted by Crippen LogP contribution is 2.26. The molecule has 1 aliphatic rings. The molecular weight excluding hydrogens is 266 g/mol. The van der Waals surface area contributed by atoms with Crippen molar-refractivity contribution in [2.24, 2.45) is 11.8 Å². The number of pyridine rings is 1. The molecule has 21 heavy (non-hydrogen) atoms. The molecule has 1 aliphatic carbocycles. The Bertz CT molecular complexity index is 537. The molecule has 0 aliphatic heterocycles. The van der Waals surface area contributed by atoms with E-state index in [1.807, 2.05) is 13.8 Å². The number of carboxylic acids is 1. The summed E-state index contributed by atoms with van der Waals surface area (Å²) in [6, 6.07) is 3.13. The summed E-state index contributed by atoms with van der Waals surface area (Å²) >= 11 is 0. The van der Waals surface area contributed by atoms with Gasteiger partial charge in [-0.25, -0.2) is 9.78 Å². The summed E-state index contributed by atoms with van der Waals surface area (Å²) < 4.78 is 5.79. The van der Waals surface area contributed by atoms with E-state index in [4.69, 9.17) is 4.74 Å². The number of hydrogen-bond acceptors (Lipinski definition) is 3. The third-order valence-electron chi connectivity index (χ3n) is 4.02. The van der Waals surface area contributed by atoms with Crippen LogP contribution in [0.3, 0.4) is 0 Å². The molecule has 0 saturated heterocycles. The fraction of sp³-hybridized carbons (Fsp3) is 0.529. The molecule has 2 rings (SSSR count). The summed E-state index contributed by atoms with van der Waals surface area (Å²) in [6.07, 6.45) is 6.49. The van der Waals surface area contributed by atoms with Crippen LogP contribution in [-0.4, -0.2) is 22.7 Å². The molecule has 2 unspecified atom stereocenters. The summed E-state index contributed by atoms with van der Waals surface area (Å²) in [4.78, 5) is 15.6. The van der Waals surface area contributed by atoms with Crippen LogP contribution in [0.4, 0.5) is 0 Å². The standard InChI is InChI=1S/C17H23NO3/c1-11(2)15-8-14(17(19)20)9-16(18-15)21-10-13-7-5-4-6-12(13)3/h4-5,8-9,11-13H,6-7,10H2,1-3H3,(H,19,20). The Hall–Kier alpha value is -1.84. The van der Waals surface area contributed by atoms with E-state index in [-0.39, 0.29) is 11.5 Å². The average Bonchev–Trinajstić information content (AvgIpc) is 2.46. The zero-order valence-electron chi connectivity index (χ0n) is 12.9. The summed E-state index contributed by atoms with van der Waals surface area (Å²) in [5, 5.41) is 9.18. The molecule has 1 aromatic heterocycles. The number of rotatable bonds is 5. The van der Waals surface area contributed by atoms with Crippen molar-refractivity contribution in [1.29, 1.82) is 0 Å². The van der Waals surface area contributed by atoms with Crippen molar-refractivity contribution in [1.82, 2.24) is 4.98 Å². The Morgan fingerprint density at radius 2 is 2.10 bits per heavy atom. The second-order valence-electron chi connectivity index (χ2n) is 6.07. The highest BCUT2D eigenvalue weighted by Gasteiger charge is 2.20. The molecule has 0 aromatic carbocycles. The van der Waals surface area contributed by atoms with E-state index in [0.29, 0.717) is 24.3 Å². The molecule has 1 heterocycles. The van der Waals surface area contributed by atoms with E-state index in [2.05, 4.69) is 24.1 Å². The maximum absolute atomic E-state index is 11.2. The monoisotopic (exact) mass is 289 g/mol. The number of aromatic carboxylic acids is 1. The van der Waals surface area contributed by atoms with Gasteiger partial charge in [-0.05, 0) is 36.7 Å². The topological polar surface area (TPSA) is 59.4 Å². The third-order valence-corrected chi connectivity index (χ3v) is 4.02. The normalized spacial score (nSPS) is 21.5. The molecule has 4 heteroatoms. The van der Waals surface area contributed by atoms with Crippen molar-refractivity contribution < 1.29 is 14.6 Å². The predicted octanol–water partition coefficient (Wildman–Crippen LogP) is 3.88. The van der Waals surface area contributed by atoms with Crippen LogP contribution in [0, 0.1) is 11.8 Å². The highest BCUT2D eigenvalue weighted by molar-refractivity contribution is 5.88. The number of nitrogens with zero attached hydrogens (tertiary/aromatic N) is 1. The van der Waals surface area contributed by atoms with Crippen LogP contribution in [0.15, 0.2) is 24.3 Å². The maximum Gasteiger partial charge on any atom is 0.335 e. The van der Waals surface area contributed by atoms with Crippen molar-refractivity contribution in [3.63, 3.8) is 0 Å². The van der Waals surface area contributed by atoms with Crippen LogP contribution in [0.25, 0.3) is 0 Å². The van der Waals surface area contributed by atoms with Gasteiger partial charge in [0.2, 0.25) is 5.88 Å². The van der Waals surface area contributed by atoms with Crippen molar-refractivity contribution >= 4 is 5.97 Å². The first-order valence-corrected chi connectivity index (χ1v) is 7.50. The van der Waals surface area contributed by atoms with Gasteiger partial charge in [-0.1, -0.05) is 32.9 Å². The SMILES string of the molecule is CC(C)c1cc(C(=O)O)cc(OCC2CC=CCC2C)n1. The van der Waals surface area contributed by atoms with E-state index >= 15 is 0 Å². The Morgan fingerprint density at radius 1 is 1.38 bits per heavy atom. The molecule has 0 fully saturated rings. The first-order valence-electron chi connectivity index (χ1n) is 7.50. The summed E-state index contributed by atoms with van der Waals surface area (Å²) in [7, 11) is 0. The number of aromatic nitrogens is 1. The Morgan fingerprint density at radius 3 is 2.71 bits per heavy atom. The van der Waals surface area contributed by atoms with Crippen LogP contribution >= 0.6 is 0 Å². The van der Waals surface area contributed by atoms with Gasteiger partial charge in [-0.2, -0.15) is 0 Å². The quantitative estimate of drug-likeness (QED) is 0.836. The molecule has 1 N–H and O–H groups in total. The molecule has 114 valence electrons. The zero-order valence-corrected chi connectivity index (χ0v) is 12.9. The van der Waals surface area contributed by atoms with Gasteiger partial charge in [0.05, 0.1) is 12.2 Å². The van der Waals surface area contributed by atoms with Gasteiger partial charge in [0.25, 0.3) is 0 Å². The lowest BCUT2D eigenvalue weighted by atomic mass is 9.85. The number of carboxylic acid groups (broad SMARTS) is 1. The van der Waals surface area contributed by atoms with Crippen LogP contribution in [0.5, 0.6) is 5.88 Å². The van der Waals surface area contributed by atoms with Crippen molar-refractivity contribution in [3.8, 4) is 5.88 Å². The van der Waals surface area contributed by atoms with Gasteiger partial charge in [-0.3, -0.25) is 0 Å². The highest BCUT2D eigenvalue weighted by atomic mass is 16.5. The molecule has 1 aromatic rings. The molecule has 0 bridgehead atoms. The molecule has 2 atom stereocenters. The van der Waals surface area contributed by atoms with Crippen LogP contribution in [0.1, 0.15) is 55.6 Å². The zero-order chi connectivity index (χ0) is 15.4. The van der Waals surface area contributed by atoms with Gasteiger partial charge >= 0.3 is 5.97 Å². The lowest BCUT2D eigenvalue weighted by Gasteiger charge is -2.25. The van der Waals surface area contributed by atoms with Crippen molar-refractivity contribution in [2.75, 3.05) is 6.61 Å². The Labute approximate surface area is 125 Å². The van der Waals surface area contributed by atoms with E-state index in [1.54, 1.807) is 6.07 Å². The van der Waals surface area contributed by atoms with Gasteiger partial charge in [0.15, 0.2) is 0 Å². The molecule has 0 radical (unpaired) electrons. The Balaban J connectivity index is 2.11. The molecular formula is C17H23NO3. The van der Waals surface area contributed by atoms with E-state index in [9.17, 15) is 9.90 Å². The van der Waals surface area contributed by atoms with Crippen molar-refractivity contribution in [3.05, 3.63) is 35.5 Å². The second kappa shape index (κ2) is 6.74. The minimum Gasteiger partial charge on any atom is -0.478 e. The molecule has 4 nitrogen and oxygen atoms in total. The minimum absolute atomic E-state index is 0.170. The number of carbonyl (C=O) groups is 1. The Kier molecular flexibility index (Phi) is 4.99. The summed E-state index contributed by atoms with van der Waals surface area (Å²) in [5.74, 6) is 0.691. The lowest BCUT2D eigenvalue weighted by molar-refractivity contribution is 0.0695. The molecule has 0 amide bonds. The van der Waals surface area contributed by atoms with Crippen molar-refractivity contribution in [2.45, 2.75) is 39.5 Å². The smallest absolute Gasteiger partial charge is 0.335 e. The van der Waals surface area contributed by atoms with Crippen LogP contribution in [-0.2, 0) is 0 Å². The van der Waals surface area contributed by atoms with E-state index in [0.717, 1.165) is 18.5 Å². The molecule has 0 saturated carbocycles. The van der Waals surface area contributed by atoms with Crippen LogP contribution < -0.4 is 4.74 Å². The maximum atomic E-state index is 11.2. The van der Waals surface area contributed by atoms with Gasteiger partial charge in [0.1, 0.15) is 0 Å². The third kappa shape index (κ3) is 4.06. The average molecular weight is 289 g/mol. The van der Waals surface area contributed by atoms with E-state index in [1.165, 1.54) is 6.07 Å². The van der Waals surface area contributed by atoms with Crippen LogP contribution in [0.2, 0.25) is 0 Å². The first-order chi connectivity index (χ1) is 9.97. The van der Waals surface area contributed by atoms with Gasteiger partial charge in [-0.15, -0.1) is 0 Å². The fourth-order valence-electron chi connectivity index (χ4n) is 2.45. The number of allylic oxidation sites excluding steroid dienone is 2. The second-order valence-corrected chi connectivity index (χ2v) is 6.07. The van der Waals surface area contributed by atoms with Gasteiger partial charge in [0, 0.05) is 11.8 Å². The number of hydrogen-bond donors (Lipinski definition) is 1.